The third kappa shape index (κ3) is 3.80. The Balaban J connectivity index is 1.34. The van der Waals surface area contributed by atoms with E-state index in [1.807, 2.05) is 0 Å². The van der Waals surface area contributed by atoms with Gasteiger partial charge in [0, 0.05) is 44.5 Å². The standard InChI is InChI=1S/C21H22F2N2O3/c22-15-3-1-14(2-4-15)13-24-20(27)25-9-7-21(8-10-25)12-18(26)17-11-16(23)5-6-19(17)28-21/h1-6,11,18,26H,7-10,12-13H2,(H,24,27). The number of carbonyl (C=O) groups is 1. The molecule has 148 valence electrons. The van der Waals surface area contributed by atoms with Crippen LogP contribution in [0.25, 0.3) is 0 Å². The number of hydrogen-bond donors (Lipinski definition) is 2. The molecular formula is C21H22F2N2O3. The molecular weight excluding hydrogens is 366 g/mol. The van der Waals surface area contributed by atoms with Crippen LogP contribution < -0.4 is 10.1 Å². The van der Waals surface area contributed by atoms with Gasteiger partial charge < -0.3 is 20.1 Å². The molecule has 0 saturated carbocycles. The van der Waals surface area contributed by atoms with E-state index in [1.165, 1.54) is 24.3 Å². The maximum absolute atomic E-state index is 13.4. The molecule has 2 aromatic carbocycles. The minimum atomic E-state index is -0.779. The molecule has 2 aliphatic rings. The van der Waals surface area contributed by atoms with Crippen LogP contribution in [0.5, 0.6) is 5.75 Å². The lowest BCUT2D eigenvalue weighted by atomic mass is 9.81. The lowest BCUT2D eigenvalue weighted by molar-refractivity contribution is -0.0479. The number of rotatable bonds is 2. The second kappa shape index (κ2) is 7.39. The first kappa shape index (κ1) is 18.7. The summed E-state index contributed by atoms with van der Waals surface area (Å²) in [7, 11) is 0. The Labute approximate surface area is 161 Å². The topological polar surface area (TPSA) is 61.8 Å². The van der Waals surface area contributed by atoms with Crippen molar-refractivity contribution in [2.24, 2.45) is 0 Å². The van der Waals surface area contributed by atoms with Crippen molar-refractivity contribution in [2.45, 2.75) is 37.5 Å². The van der Waals surface area contributed by atoms with Gasteiger partial charge in [0.15, 0.2) is 0 Å². The number of hydrogen-bond acceptors (Lipinski definition) is 3. The largest absolute Gasteiger partial charge is 0.487 e. The minimum absolute atomic E-state index is 0.182. The van der Waals surface area contributed by atoms with Gasteiger partial charge in [0.25, 0.3) is 0 Å². The van der Waals surface area contributed by atoms with Crippen molar-refractivity contribution >= 4 is 6.03 Å². The molecule has 5 nitrogen and oxygen atoms in total. The number of ether oxygens (including phenoxy) is 1. The second-order valence-corrected chi connectivity index (χ2v) is 7.46. The predicted molar refractivity (Wildman–Crippen MR) is 98.8 cm³/mol. The summed E-state index contributed by atoms with van der Waals surface area (Å²) in [5.41, 5.74) is 0.758. The zero-order valence-electron chi connectivity index (χ0n) is 15.3. The van der Waals surface area contributed by atoms with E-state index in [0.717, 1.165) is 5.56 Å². The summed E-state index contributed by atoms with van der Waals surface area (Å²) in [5, 5.41) is 13.3. The van der Waals surface area contributed by atoms with Gasteiger partial charge in [0.2, 0.25) is 0 Å². The number of nitrogens with zero attached hydrogens (tertiary/aromatic N) is 1. The van der Waals surface area contributed by atoms with Gasteiger partial charge in [-0.1, -0.05) is 12.1 Å². The van der Waals surface area contributed by atoms with Crippen LogP contribution in [0, 0.1) is 11.6 Å². The van der Waals surface area contributed by atoms with Crippen LogP contribution in [0.4, 0.5) is 13.6 Å². The van der Waals surface area contributed by atoms with E-state index in [2.05, 4.69) is 5.32 Å². The first-order valence-electron chi connectivity index (χ1n) is 9.38. The van der Waals surface area contributed by atoms with Gasteiger partial charge in [0.1, 0.15) is 23.0 Å². The highest BCUT2D eigenvalue weighted by molar-refractivity contribution is 5.74. The third-order valence-electron chi connectivity index (χ3n) is 5.54. The van der Waals surface area contributed by atoms with Gasteiger partial charge in [0.05, 0.1) is 6.10 Å². The number of halogens is 2. The Morgan fingerprint density at radius 2 is 1.82 bits per heavy atom. The lowest BCUT2D eigenvalue weighted by Gasteiger charge is -2.45. The number of benzene rings is 2. The molecule has 1 spiro atoms. The molecule has 0 aromatic heterocycles. The maximum Gasteiger partial charge on any atom is 0.317 e. The molecule has 1 atom stereocenters. The highest BCUT2D eigenvalue weighted by atomic mass is 19.1. The van der Waals surface area contributed by atoms with Crippen LogP contribution in [-0.4, -0.2) is 34.7 Å². The fourth-order valence-corrected chi connectivity index (χ4v) is 3.93. The van der Waals surface area contributed by atoms with Gasteiger partial charge in [-0.05, 0) is 35.9 Å². The summed E-state index contributed by atoms with van der Waals surface area (Å²) in [6.45, 7) is 1.33. The van der Waals surface area contributed by atoms with Crippen LogP contribution >= 0.6 is 0 Å². The first-order valence-corrected chi connectivity index (χ1v) is 9.38. The molecule has 2 N–H and O–H groups in total. The molecule has 1 fully saturated rings. The number of carbonyl (C=O) groups excluding carboxylic acids is 1. The minimum Gasteiger partial charge on any atom is -0.487 e. The number of nitrogens with one attached hydrogen (secondary N) is 1. The van der Waals surface area contributed by atoms with E-state index >= 15 is 0 Å². The molecule has 0 bridgehead atoms. The predicted octanol–water partition coefficient (Wildman–Crippen LogP) is 3.53. The number of aliphatic hydroxyl groups excluding tert-OH is 1. The molecule has 28 heavy (non-hydrogen) atoms. The molecule has 0 aliphatic carbocycles. The highest BCUT2D eigenvalue weighted by Gasteiger charge is 2.43. The van der Waals surface area contributed by atoms with E-state index < -0.39 is 17.5 Å². The maximum atomic E-state index is 13.4. The van der Waals surface area contributed by atoms with E-state index in [0.29, 0.717) is 50.2 Å². The van der Waals surface area contributed by atoms with Crippen molar-refractivity contribution in [3.8, 4) is 5.75 Å². The number of fused-ring (bicyclic) bond motifs is 1. The quantitative estimate of drug-likeness (QED) is 0.828. The van der Waals surface area contributed by atoms with E-state index in [-0.39, 0.29) is 11.8 Å². The van der Waals surface area contributed by atoms with Crippen molar-refractivity contribution in [1.82, 2.24) is 10.2 Å². The molecule has 7 heteroatoms. The Kier molecular flexibility index (Phi) is 4.93. The average Bonchev–Trinajstić information content (AvgIpc) is 2.69. The van der Waals surface area contributed by atoms with Crippen LogP contribution in [0.15, 0.2) is 42.5 Å². The first-order chi connectivity index (χ1) is 13.4. The summed E-state index contributed by atoms with van der Waals surface area (Å²) < 4.78 is 32.5. The monoisotopic (exact) mass is 388 g/mol. The van der Waals surface area contributed by atoms with Gasteiger partial charge >= 0.3 is 6.03 Å². The number of piperidine rings is 1. The van der Waals surface area contributed by atoms with Crippen molar-refractivity contribution in [3.63, 3.8) is 0 Å². The molecule has 2 aliphatic heterocycles. The fourth-order valence-electron chi connectivity index (χ4n) is 3.93. The Morgan fingerprint density at radius 1 is 1.14 bits per heavy atom. The van der Waals surface area contributed by atoms with Gasteiger partial charge in [-0.15, -0.1) is 0 Å². The Bertz CT molecular complexity index is 864. The van der Waals surface area contributed by atoms with Crippen LogP contribution in [0.1, 0.15) is 36.5 Å². The number of amides is 2. The van der Waals surface area contributed by atoms with Crippen LogP contribution in [0.2, 0.25) is 0 Å². The highest BCUT2D eigenvalue weighted by Crippen LogP contribution is 2.44. The van der Waals surface area contributed by atoms with Crippen molar-refractivity contribution in [2.75, 3.05) is 13.1 Å². The number of aliphatic hydroxyl groups is 1. The molecule has 4 rings (SSSR count). The summed E-state index contributed by atoms with van der Waals surface area (Å²) in [6.07, 6.45) is 0.780. The van der Waals surface area contributed by atoms with Gasteiger partial charge in [-0.3, -0.25) is 0 Å². The molecule has 1 unspecified atom stereocenters. The smallest absolute Gasteiger partial charge is 0.317 e. The van der Waals surface area contributed by atoms with Crippen LogP contribution in [0.3, 0.4) is 0 Å². The van der Waals surface area contributed by atoms with E-state index in [4.69, 9.17) is 4.74 Å². The summed E-state index contributed by atoms with van der Waals surface area (Å²) in [4.78, 5) is 14.1. The summed E-state index contributed by atoms with van der Waals surface area (Å²) in [6, 6.07) is 10.0. The number of likely N-dealkylation sites (tertiary alicyclic amines) is 1. The van der Waals surface area contributed by atoms with E-state index in [9.17, 15) is 18.7 Å². The van der Waals surface area contributed by atoms with Crippen molar-refractivity contribution < 1.29 is 23.4 Å². The molecule has 1 saturated heterocycles. The van der Waals surface area contributed by atoms with Crippen molar-refractivity contribution in [3.05, 3.63) is 65.2 Å². The molecule has 0 radical (unpaired) electrons. The molecule has 2 amide bonds. The van der Waals surface area contributed by atoms with E-state index in [1.54, 1.807) is 23.1 Å². The molecule has 2 aromatic rings. The van der Waals surface area contributed by atoms with Gasteiger partial charge in [-0.25, -0.2) is 13.6 Å². The Morgan fingerprint density at radius 3 is 2.54 bits per heavy atom. The normalized spacial score (nSPS) is 20.4. The Hall–Kier alpha value is -2.67. The fraction of sp³-hybridized carbons (Fsp3) is 0.381. The third-order valence-corrected chi connectivity index (χ3v) is 5.54. The lowest BCUT2D eigenvalue weighted by Crippen LogP contribution is -2.53. The zero-order chi connectivity index (χ0) is 19.7. The second-order valence-electron chi connectivity index (χ2n) is 7.46. The summed E-state index contributed by atoms with van der Waals surface area (Å²) >= 11 is 0. The SMILES string of the molecule is O=C(NCc1ccc(F)cc1)N1CCC2(CC1)CC(O)c1cc(F)ccc1O2. The zero-order valence-corrected chi connectivity index (χ0v) is 15.3. The van der Waals surface area contributed by atoms with Crippen molar-refractivity contribution in [1.29, 1.82) is 0 Å². The number of urea groups is 1. The average molecular weight is 388 g/mol. The molecule has 2 heterocycles. The summed E-state index contributed by atoms with van der Waals surface area (Å²) in [5.74, 6) is -0.199. The van der Waals surface area contributed by atoms with Crippen LogP contribution in [-0.2, 0) is 6.54 Å². The van der Waals surface area contributed by atoms with Gasteiger partial charge in [-0.2, -0.15) is 0 Å².